The molecular weight excluding hydrogens is 276 g/mol. The van der Waals surface area contributed by atoms with Gasteiger partial charge in [-0.2, -0.15) is 12.7 Å². The summed E-state index contributed by atoms with van der Waals surface area (Å²) in [6.07, 6.45) is 1.57. The summed E-state index contributed by atoms with van der Waals surface area (Å²) in [5.41, 5.74) is -0.0453. The first-order valence-corrected chi connectivity index (χ1v) is 7.70. The molecule has 0 aliphatic heterocycles. The van der Waals surface area contributed by atoms with Gasteiger partial charge in [0.05, 0.1) is 12.8 Å². The van der Waals surface area contributed by atoms with E-state index < -0.39 is 15.7 Å². The van der Waals surface area contributed by atoms with Crippen LogP contribution < -0.4 is 9.46 Å². The summed E-state index contributed by atoms with van der Waals surface area (Å²) in [4.78, 5) is 0. The number of hydrogen-bond acceptors (Lipinski definition) is 3. The van der Waals surface area contributed by atoms with Gasteiger partial charge in [-0.1, -0.05) is 6.08 Å². The van der Waals surface area contributed by atoms with E-state index in [1.165, 1.54) is 4.31 Å². The number of benzene rings is 1. The SMILES string of the molecule is C=CCN(C(C)(C)C)S(=O)(=O)Nc1ccc(OC)cc1. The zero-order valence-corrected chi connectivity index (χ0v) is 13.2. The Morgan fingerprint density at radius 2 is 1.85 bits per heavy atom. The topological polar surface area (TPSA) is 58.6 Å². The van der Waals surface area contributed by atoms with Crippen molar-refractivity contribution in [3.63, 3.8) is 0 Å². The van der Waals surface area contributed by atoms with Crippen LogP contribution in [-0.4, -0.2) is 31.9 Å². The van der Waals surface area contributed by atoms with Crippen molar-refractivity contribution in [3.05, 3.63) is 36.9 Å². The van der Waals surface area contributed by atoms with Crippen molar-refractivity contribution in [1.82, 2.24) is 4.31 Å². The van der Waals surface area contributed by atoms with Crippen LogP contribution in [0, 0.1) is 0 Å². The molecule has 0 amide bonds. The Labute approximate surface area is 121 Å². The quantitative estimate of drug-likeness (QED) is 0.821. The molecule has 0 saturated heterocycles. The number of nitrogens with zero attached hydrogens (tertiary/aromatic N) is 1. The minimum atomic E-state index is -3.64. The zero-order chi connectivity index (χ0) is 15.4. The second kappa shape index (κ2) is 6.28. The average molecular weight is 298 g/mol. The van der Waals surface area contributed by atoms with Gasteiger partial charge in [-0.3, -0.25) is 4.72 Å². The van der Waals surface area contributed by atoms with Gasteiger partial charge in [-0.25, -0.2) is 0 Å². The molecule has 0 heterocycles. The molecule has 0 aromatic heterocycles. The van der Waals surface area contributed by atoms with Crippen molar-refractivity contribution in [2.75, 3.05) is 18.4 Å². The maximum atomic E-state index is 12.4. The third-order valence-corrected chi connectivity index (χ3v) is 4.44. The predicted octanol–water partition coefficient (Wildman–Crippen LogP) is 2.64. The molecule has 6 heteroatoms. The van der Waals surface area contributed by atoms with Crippen LogP contribution in [0.3, 0.4) is 0 Å². The van der Waals surface area contributed by atoms with E-state index in [9.17, 15) is 8.42 Å². The zero-order valence-electron chi connectivity index (χ0n) is 12.4. The Hall–Kier alpha value is -1.53. The molecule has 0 saturated carbocycles. The Bertz CT molecular complexity index is 545. The first kappa shape index (κ1) is 16.5. The Morgan fingerprint density at radius 1 is 1.30 bits per heavy atom. The predicted molar refractivity (Wildman–Crippen MR) is 82.2 cm³/mol. The highest BCUT2D eigenvalue weighted by Crippen LogP contribution is 2.21. The molecule has 1 rings (SSSR count). The molecular formula is C14H22N2O3S. The molecule has 1 aromatic rings. The molecule has 0 fully saturated rings. The second-order valence-electron chi connectivity index (χ2n) is 5.33. The lowest BCUT2D eigenvalue weighted by molar-refractivity contribution is 0.271. The molecule has 0 unspecified atom stereocenters. The molecule has 112 valence electrons. The maximum absolute atomic E-state index is 12.4. The molecule has 0 aliphatic carbocycles. The van der Waals surface area contributed by atoms with Gasteiger partial charge in [0.2, 0.25) is 0 Å². The van der Waals surface area contributed by atoms with Crippen molar-refractivity contribution >= 4 is 15.9 Å². The van der Waals surface area contributed by atoms with Gasteiger partial charge >= 0.3 is 10.2 Å². The van der Waals surface area contributed by atoms with E-state index in [1.807, 2.05) is 20.8 Å². The smallest absolute Gasteiger partial charge is 0.302 e. The van der Waals surface area contributed by atoms with Crippen LogP contribution in [0.2, 0.25) is 0 Å². The molecule has 0 spiro atoms. The van der Waals surface area contributed by atoms with E-state index in [-0.39, 0.29) is 6.54 Å². The Balaban J connectivity index is 2.99. The van der Waals surface area contributed by atoms with Gasteiger partial charge in [-0.15, -0.1) is 6.58 Å². The number of nitrogens with one attached hydrogen (secondary N) is 1. The third kappa shape index (κ3) is 4.25. The second-order valence-corrected chi connectivity index (χ2v) is 6.92. The van der Waals surface area contributed by atoms with Crippen LogP contribution in [0.1, 0.15) is 20.8 Å². The summed E-state index contributed by atoms with van der Waals surface area (Å²) in [5.74, 6) is 0.673. The third-order valence-electron chi connectivity index (χ3n) is 2.67. The summed E-state index contributed by atoms with van der Waals surface area (Å²) in [6, 6.07) is 6.72. The van der Waals surface area contributed by atoms with Crippen LogP contribution in [0.4, 0.5) is 5.69 Å². The van der Waals surface area contributed by atoms with Crippen LogP contribution in [-0.2, 0) is 10.2 Å². The lowest BCUT2D eigenvalue weighted by atomic mass is 10.1. The van der Waals surface area contributed by atoms with Gasteiger partial charge in [0, 0.05) is 12.1 Å². The monoisotopic (exact) mass is 298 g/mol. The summed E-state index contributed by atoms with van der Waals surface area (Å²) in [6.45, 7) is 9.36. The highest BCUT2D eigenvalue weighted by Gasteiger charge is 2.31. The fraction of sp³-hybridized carbons (Fsp3) is 0.429. The van der Waals surface area contributed by atoms with E-state index >= 15 is 0 Å². The highest BCUT2D eigenvalue weighted by atomic mass is 32.2. The van der Waals surface area contributed by atoms with Gasteiger partial charge < -0.3 is 4.74 Å². The fourth-order valence-corrected chi connectivity index (χ4v) is 3.28. The standard InChI is InChI=1S/C14H22N2O3S/c1-6-11-16(14(2,3)4)20(17,18)15-12-7-9-13(19-5)10-8-12/h6-10,15H,1,11H2,2-5H3. The first-order valence-electron chi connectivity index (χ1n) is 6.26. The van der Waals surface area contributed by atoms with Crippen LogP contribution >= 0.6 is 0 Å². The highest BCUT2D eigenvalue weighted by molar-refractivity contribution is 7.90. The molecule has 20 heavy (non-hydrogen) atoms. The molecule has 0 radical (unpaired) electrons. The van der Waals surface area contributed by atoms with Gasteiger partial charge in [0.15, 0.2) is 0 Å². The van der Waals surface area contributed by atoms with E-state index in [0.29, 0.717) is 11.4 Å². The summed E-state index contributed by atoms with van der Waals surface area (Å²) in [7, 11) is -2.08. The number of hydrogen-bond donors (Lipinski definition) is 1. The first-order chi connectivity index (χ1) is 9.20. The number of methoxy groups -OCH3 is 1. The van der Waals surface area contributed by atoms with Crippen LogP contribution in [0.25, 0.3) is 0 Å². The van der Waals surface area contributed by atoms with Crippen molar-refractivity contribution in [3.8, 4) is 5.75 Å². The van der Waals surface area contributed by atoms with Crippen LogP contribution in [0.5, 0.6) is 5.75 Å². The van der Waals surface area contributed by atoms with E-state index in [2.05, 4.69) is 11.3 Å². The summed E-state index contributed by atoms with van der Waals surface area (Å²) in [5, 5.41) is 0. The summed E-state index contributed by atoms with van der Waals surface area (Å²) >= 11 is 0. The molecule has 1 aromatic carbocycles. The van der Waals surface area contributed by atoms with Crippen LogP contribution in [0.15, 0.2) is 36.9 Å². The van der Waals surface area contributed by atoms with Crippen molar-refractivity contribution in [2.24, 2.45) is 0 Å². The lowest BCUT2D eigenvalue weighted by Gasteiger charge is -2.33. The minimum absolute atomic E-state index is 0.245. The van der Waals surface area contributed by atoms with Gasteiger partial charge in [0.25, 0.3) is 0 Å². The molecule has 5 nitrogen and oxygen atoms in total. The van der Waals surface area contributed by atoms with Crippen molar-refractivity contribution in [2.45, 2.75) is 26.3 Å². The molecule has 0 atom stereocenters. The Kier molecular flexibility index (Phi) is 5.19. The van der Waals surface area contributed by atoms with E-state index in [0.717, 1.165) is 0 Å². The average Bonchev–Trinajstić information content (AvgIpc) is 2.35. The summed E-state index contributed by atoms with van der Waals surface area (Å²) < 4.78 is 33.8. The van der Waals surface area contributed by atoms with E-state index in [4.69, 9.17) is 4.74 Å². The molecule has 0 aliphatic rings. The van der Waals surface area contributed by atoms with E-state index in [1.54, 1.807) is 37.5 Å². The number of ether oxygens (including phenoxy) is 1. The van der Waals surface area contributed by atoms with Gasteiger partial charge in [0.1, 0.15) is 5.75 Å². The number of rotatable bonds is 6. The van der Waals surface area contributed by atoms with Crippen molar-refractivity contribution < 1.29 is 13.2 Å². The lowest BCUT2D eigenvalue weighted by Crippen LogP contribution is -2.48. The van der Waals surface area contributed by atoms with Crippen molar-refractivity contribution in [1.29, 1.82) is 0 Å². The number of anilines is 1. The Morgan fingerprint density at radius 3 is 2.25 bits per heavy atom. The molecule has 1 N–H and O–H groups in total. The molecule has 0 bridgehead atoms. The largest absolute Gasteiger partial charge is 0.497 e. The maximum Gasteiger partial charge on any atom is 0.302 e. The van der Waals surface area contributed by atoms with Gasteiger partial charge in [-0.05, 0) is 45.0 Å². The normalized spacial score (nSPS) is 12.2. The fourth-order valence-electron chi connectivity index (χ4n) is 1.71. The minimum Gasteiger partial charge on any atom is -0.497 e.